The normalized spacial score (nSPS) is 12.6. The first-order valence-corrected chi connectivity index (χ1v) is 9.57. The minimum Gasteiger partial charge on any atom is -0.358 e. The lowest BCUT2D eigenvalue weighted by atomic mass is 10.1. The SMILES string of the molecule is CCN(CC)C(=S)SCC(=O)Nc1sc2c(c1C#N)CCC2. The smallest absolute Gasteiger partial charge is 0.235 e. The Bertz CT molecular complexity index is 614. The number of thiocarbonyl (C=S) groups is 1. The number of nitriles is 1. The minimum absolute atomic E-state index is 0.101. The van der Waals surface area contributed by atoms with Gasteiger partial charge in [-0.1, -0.05) is 24.0 Å². The average molecular weight is 354 g/mol. The second kappa shape index (κ2) is 7.95. The van der Waals surface area contributed by atoms with Gasteiger partial charge in [0.2, 0.25) is 5.91 Å². The molecule has 1 aromatic rings. The quantitative estimate of drug-likeness (QED) is 0.822. The molecule has 7 heteroatoms. The van der Waals surface area contributed by atoms with Gasteiger partial charge in [-0.25, -0.2) is 0 Å². The van der Waals surface area contributed by atoms with Crippen molar-refractivity contribution in [3.63, 3.8) is 0 Å². The van der Waals surface area contributed by atoms with Gasteiger partial charge in [-0.15, -0.1) is 11.3 Å². The molecule has 0 radical (unpaired) electrons. The van der Waals surface area contributed by atoms with Crippen LogP contribution in [-0.2, 0) is 17.6 Å². The van der Waals surface area contributed by atoms with Gasteiger partial charge in [-0.05, 0) is 38.7 Å². The number of carbonyl (C=O) groups excluding carboxylic acids is 1. The second-order valence-corrected chi connectivity index (χ2v) is 7.66. The van der Waals surface area contributed by atoms with Crippen LogP contribution in [0.2, 0.25) is 0 Å². The monoisotopic (exact) mass is 353 g/mol. The lowest BCUT2D eigenvalue weighted by Gasteiger charge is -2.20. The number of nitrogens with one attached hydrogen (secondary N) is 1. The number of fused-ring (bicyclic) bond motifs is 1. The number of carbonyl (C=O) groups is 1. The number of nitrogens with zero attached hydrogens (tertiary/aromatic N) is 2. The van der Waals surface area contributed by atoms with Gasteiger partial charge in [0.15, 0.2) is 0 Å². The molecule has 1 aliphatic rings. The molecule has 4 nitrogen and oxygen atoms in total. The summed E-state index contributed by atoms with van der Waals surface area (Å²) in [5.41, 5.74) is 1.79. The zero-order chi connectivity index (χ0) is 16.1. The highest BCUT2D eigenvalue weighted by molar-refractivity contribution is 8.23. The molecule has 1 aromatic heterocycles. The topological polar surface area (TPSA) is 56.1 Å². The third kappa shape index (κ3) is 3.80. The van der Waals surface area contributed by atoms with E-state index in [1.165, 1.54) is 16.6 Å². The summed E-state index contributed by atoms with van der Waals surface area (Å²) in [6.45, 7) is 5.78. The molecule has 0 unspecified atom stereocenters. The number of thioether (sulfide) groups is 1. The van der Waals surface area contributed by atoms with Crippen LogP contribution in [0.1, 0.15) is 36.3 Å². The van der Waals surface area contributed by atoms with Crippen LogP contribution in [0, 0.1) is 11.3 Å². The summed E-state index contributed by atoms with van der Waals surface area (Å²) in [6.07, 6.45) is 3.08. The molecule has 1 amide bonds. The first-order chi connectivity index (χ1) is 10.6. The van der Waals surface area contributed by atoms with Crippen molar-refractivity contribution < 1.29 is 4.79 Å². The Morgan fingerprint density at radius 2 is 2.18 bits per heavy atom. The van der Waals surface area contributed by atoms with E-state index in [-0.39, 0.29) is 11.7 Å². The molecular formula is C15H19N3OS3. The molecule has 0 aromatic carbocycles. The number of hydrogen-bond acceptors (Lipinski definition) is 5. The fourth-order valence-electron chi connectivity index (χ4n) is 2.47. The third-order valence-electron chi connectivity index (χ3n) is 3.63. The van der Waals surface area contributed by atoms with Crippen LogP contribution in [0.4, 0.5) is 5.00 Å². The largest absolute Gasteiger partial charge is 0.358 e. The van der Waals surface area contributed by atoms with E-state index in [9.17, 15) is 10.1 Å². The zero-order valence-electron chi connectivity index (χ0n) is 12.8. The first kappa shape index (κ1) is 17.3. The van der Waals surface area contributed by atoms with Crippen molar-refractivity contribution >= 4 is 50.5 Å². The van der Waals surface area contributed by atoms with Crippen LogP contribution >= 0.6 is 35.3 Å². The minimum atomic E-state index is -0.101. The van der Waals surface area contributed by atoms with E-state index < -0.39 is 0 Å². The van der Waals surface area contributed by atoms with Gasteiger partial charge < -0.3 is 10.2 Å². The highest BCUT2D eigenvalue weighted by Gasteiger charge is 2.23. The van der Waals surface area contributed by atoms with Crippen molar-refractivity contribution in [3.05, 3.63) is 16.0 Å². The van der Waals surface area contributed by atoms with E-state index in [0.29, 0.717) is 10.6 Å². The summed E-state index contributed by atoms with van der Waals surface area (Å²) in [4.78, 5) is 15.4. The molecular weight excluding hydrogens is 334 g/mol. The number of amides is 1. The molecule has 1 N–H and O–H groups in total. The molecule has 1 aliphatic carbocycles. The van der Waals surface area contributed by atoms with E-state index in [2.05, 4.69) is 11.4 Å². The Balaban J connectivity index is 1.93. The molecule has 0 spiro atoms. The fraction of sp³-hybridized carbons (Fsp3) is 0.533. The summed E-state index contributed by atoms with van der Waals surface area (Å²) in [6, 6.07) is 2.24. The summed E-state index contributed by atoms with van der Waals surface area (Å²) in [5, 5.41) is 12.9. The first-order valence-electron chi connectivity index (χ1n) is 7.36. The highest BCUT2D eigenvalue weighted by atomic mass is 32.2. The number of aryl methyl sites for hydroxylation is 1. The zero-order valence-corrected chi connectivity index (χ0v) is 15.2. The fourth-order valence-corrected chi connectivity index (χ4v) is 4.93. The van der Waals surface area contributed by atoms with Gasteiger partial charge in [0.1, 0.15) is 15.4 Å². The van der Waals surface area contributed by atoms with Crippen molar-refractivity contribution in [1.82, 2.24) is 4.90 Å². The molecule has 118 valence electrons. The summed E-state index contributed by atoms with van der Waals surface area (Å²) in [5.74, 6) is 0.180. The predicted molar refractivity (Wildman–Crippen MR) is 97.7 cm³/mol. The average Bonchev–Trinajstić information content (AvgIpc) is 3.06. The summed E-state index contributed by atoms with van der Waals surface area (Å²) < 4.78 is 0.745. The van der Waals surface area contributed by atoms with Gasteiger partial charge in [0, 0.05) is 18.0 Å². The Hall–Kier alpha value is -1.10. The van der Waals surface area contributed by atoms with E-state index in [4.69, 9.17) is 12.2 Å². The van der Waals surface area contributed by atoms with Crippen LogP contribution in [0.25, 0.3) is 0 Å². The molecule has 0 aliphatic heterocycles. The molecule has 0 bridgehead atoms. The maximum Gasteiger partial charge on any atom is 0.235 e. The van der Waals surface area contributed by atoms with Crippen molar-refractivity contribution in [1.29, 1.82) is 5.26 Å². The Kier molecular flexibility index (Phi) is 6.24. The van der Waals surface area contributed by atoms with Crippen LogP contribution < -0.4 is 5.32 Å². The van der Waals surface area contributed by atoms with Gasteiger partial charge in [0.25, 0.3) is 0 Å². The predicted octanol–water partition coefficient (Wildman–Crippen LogP) is 3.41. The molecule has 22 heavy (non-hydrogen) atoms. The van der Waals surface area contributed by atoms with Crippen molar-refractivity contribution in [3.8, 4) is 6.07 Å². The van der Waals surface area contributed by atoms with Crippen LogP contribution in [0.3, 0.4) is 0 Å². The van der Waals surface area contributed by atoms with E-state index >= 15 is 0 Å². The Morgan fingerprint density at radius 1 is 1.45 bits per heavy atom. The van der Waals surface area contributed by atoms with Crippen molar-refractivity contribution in [2.24, 2.45) is 0 Å². The van der Waals surface area contributed by atoms with E-state index in [1.807, 2.05) is 18.7 Å². The highest BCUT2D eigenvalue weighted by Crippen LogP contribution is 2.38. The summed E-state index contributed by atoms with van der Waals surface area (Å²) in [7, 11) is 0. The van der Waals surface area contributed by atoms with Gasteiger partial charge >= 0.3 is 0 Å². The molecule has 2 rings (SSSR count). The third-order valence-corrected chi connectivity index (χ3v) is 6.37. The second-order valence-electron chi connectivity index (χ2n) is 4.95. The maximum absolute atomic E-state index is 12.1. The standard InChI is InChI=1S/C15H19N3OS3/c1-3-18(4-2)15(20)21-9-13(19)17-14-11(8-16)10-6-5-7-12(10)22-14/h3-7,9H2,1-2H3,(H,17,19). The number of anilines is 1. The van der Waals surface area contributed by atoms with Gasteiger partial charge in [-0.3, -0.25) is 4.79 Å². The Labute approximate surface area is 144 Å². The van der Waals surface area contributed by atoms with Crippen molar-refractivity contribution in [2.45, 2.75) is 33.1 Å². The van der Waals surface area contributed by atoms with E-state index in [0.717, 1.165) is 42.2 Å². The number of rotatable bonds is 5. The molecule has 0 saturated heterocycles. The van der Waals surface area contributed by atoms with Gasteiger partial charge in [-0.2, -0.15) is 5.26 Å². The molecule has 0 fully saturated rings. The molecule has 0 atom stereocenters. The molecule has 0 saturated carbocycles. The van der Waals surface area contributed by atoms with E-state index in [1.54, 1.807) is 11.3 Å². The number of thiophene rings is 1. The number of hydrogen-bond donors (Lipinski definition) is 1. The summed E-state index contributed by atoms with van der Waals surface area (Å²) >= 11 is 8.23. The Morgan fingerprint density at radius 3 is 2.82 bits per heavy atom. The van der Waals surface area contributed by atoms with Crippen molar-refractivity contribution in [2.75, 3.05) is 24.2 Å². The van der Waals surface area contributed by atoms with Crippen LogP contribution in [0.5, 0.6) is 0 Å². The van der Waals surface area contributed by atoms with Crippen LogP contribution in [0.15, 0.2) is 0 Å². The molecule has 1 heterocycles. The lowest BCUT2D eigenvalue weighted by Crippen LogP contribution is -2.28. The van der Waals surface area contributed by atoms with Crippen LogP contribution in [-0.4, -0.2) is 34.0 Å². The lowest BCUT2D eigenvalue weighted by molar-refractivity contribution is -0.113. The maximum atomic E-state index is 12.1. The van der Waals surface area contributed by atoms with Gasteiger partial charge in [0.05, 0.1) is 11.3 Å².